The Kier molecular flexibility index (Phi) is 4.93. The summed E-state index contributed by atoms with van der Waals surface area (Å²) in [6.45, 7) is 3.93. The molecule has 0 radical (unpaired) electrons. The number of amides is 1. The van der Waals surface area contributed by atoms with Gasteiger partial charge in [-0.15, -0.1) is 0 Å². The molecule has 26 heavy (non-hydrogen) atoms. The SMILES string of the molecule is CCCCCNC(=O)c1ccc2c(c1)C1NCC1C(c1ccccc1)N2. The minimum atomic E-state index is 0.0324. The minimum Gasteiger partial charge on any atom is -0.378 e. The van der Waals surface area contributed by atoms with E-state index in [-0.39, 0.29) is 5.91 Å². The highest BCUT2D eigenvalue weighted by Gasteiger charge is 2.43. The highest BCUT2D eigenvalue weighted by Crippen LogP contribution is 2.47. The molecule has 4 nitrogen and oxygen atoms in total. The van der Waals surface area contributed by atoms with Crippen LogP contribution in [0.15, 0.2) is 48.5 Å². The molecule has 2 heterocycles. The summed E-state index contributed by atoms with van der Waals surface area (Å²) in [6, 6.07) is 17.3. The van der Waals surface area contributed by atoms with Gasteiger partial charge in [0.1, 0.15) is 0 Å². The average molecular weight is 349 g/mol. The third-order valence-corrected chi connectivity index (χ3v) is 5.61. The first-order valence-corrected chi connectivity index (χ1v) is 9.75. The highest BCUT2D eigenvalue weighted by atomic mass is 16.1. The summed E-state index contributed by atoms with van der Waals surface area (Å²) in [4.78, 5) is 12.4. The van der Waals surface area contributed by atoms with Crippen LogP contribution < -0.4 is 16.0 Å². The Bertz CT molecular complexity index is 774. The van der Waals surface area contributed by atoms with Crippen LogP contribution in [-0.2, 0) is 0 Å². The molecular formula is C22H27N3O. The molecule has 0 spiro atoms. The van der Waals surface area contributed by atoms with Crippen LogP contribution in [0.25, 0.3) is 0 Å². The van der Waals surface area contributed by atoms with Crippen molar-refractivity contribution in [3.63, 3.8) is 0 Å². The third-order valence-electron chi connectivity index (χ3n) is 5.61. The lowest BCUT2D eigenvalue weighted by molar-refractivity contribution is 0.0952. The van der Waals surface area contributed by atoms with E-state index >= 15 is 0 Å². The zero-order valence-electron chi connectivity index (χ0n) is 15.3. The number of carbonyl (C=O) groups is 1. The van der Waals surface area contributed by atoms with Crippen molar-refractivity contribution in [3.05, 3.63) is 65.2 Å². The highest BCUT2D eigenvalue weighted by molar-refractivity contribution is 5.95. The molecule has 2 aromatic rings. The van der Waals surface area contributed by atoms with Crippen molar-refractivity contribution in [3.8, 4) is 0 Å². The molecule has 3 atom stereocenters. The van der Waals surface area contributed by atoms with Gasteiger partial charge in [0.25, 0.3) is 5.91 Å². The van der Waals surface area contributed by atoms with Crippen molar-refractivity contribution in [2.24, 2.45) is 5.92 Å². The van der Waals surface area contributed by atoms with Gasteiger partial charge in [-0.25, -0.2) is 0 Å². The largest absolute Gasteiger partial charge is 0.378 e. The maximum atomic E-state index is 12.4. The molecule has 2 aliphatic rings. The first-order chi connectivity index (χ1) is 12.8. The Hall–Kier alpha value is -2.33. The first-order valence-electron chi connectivity index (χ1n) is 9.75. The molecule has 3 N–H and O–H groups in total. The summed E-state index contributed by atoms with van der Waals surface area (Å²) in [7, 11) is 0. The molecule has 0 aliphatic carbocycles. The maximum absolute atomic E-state index is 12.4. The molecule has 1 saturated heterocycles. The molecule has 2 aliphatic heterocycles. The number of hydrogen-bond donors (Lipinski definition) is 3. The second-order valence-electron chi connectivity index (χ2n) is 7.35. The van der Waals surface area contributed by atoms with Crippen molar-refractivity contribution in [1.82, 2.24) is 10.6 Å². The molecule has 0 saturated carbocycles. The fourth-order valence-corrected chi connectivity index (χ4v) is 4.06. The Morgan fingerprint density at radius 2 is 1.96 bits per heavy atom. The molecule has 4 rings (SSSR count). The molecule has 136 valence electrons. The van der Waals surface area contributed by atoms with Crippen LogP contribution in [0.3, 0.4) is 0 Å². The lowest BCUT2D eigenvalue weighted by Gasteiger charge is -2.48. The molecule has 0 aromatic heterocycles. The van der Waals surface area contributed by atoms with Gasteiger partial charge in [-0.3, -0.25) is 4.79 Å². The number of unbranched alkanes of at least 4 members (excludes halogenated alkanes) is 2. The summed E-state index contributed by atoms with van der Waals surface area (Å²) in [6.07, 6.45) is 3.36. The van der Waals surface area contributed by atoms with Gasteiger partial charge in [0.05, 0.1) is 6.04 Å². The van der Waals surface area contributed by atoms with Crippen molar-refractivity contribution >= 4 is 11.6 Å². The number of carbonyl (C=O) groups excluding carboxylic acids is 1. The number of nitrogens with one attached hydrogen (secondary N) is 3. The van der Waals surface area contributed by atoms with E-state index in [2.05, 4.69) is 65.3 Å². The van der Waals surface area contributed by atoms with Crippen LogP contribution in [-0.4, -0.2) is 19.0 Å². The molecule has 3 unspecified atom stereocenters. The van der Waals surface area contributed by atoms with E-state index in [1.807, 2.05) is 6.07 Å². The van der Waals surface area contributed by atoms with Gasteiger partial charge in [-0.05, 0) is 35.7 Å². The van der Waals surface area contributed by atoms with Gasteiger partial charge in [-0.2, -0.15) is 0 Å². The smallest absolute Gasteiger partial charge is 0.251 e. The van der Waals surface area contributed by atoms with E-state index < -0.39 is 0 Å². The van der Waals surface area contributed by atoms with Crippen LogP contribution in [0, 0.1) is 5.92 Å². The van der Waals surface area contributed by atoms with Crippen LogP contribution in [0.2, 0.25) is 0 Å². The fourth-order valence-electron chi connectivity index (χ4n) is 4.06. The zero-order valence-corrected chi connectivity index (χ0v) is 15.3. The fraction of sp³-hybridized carbons (Fsp3) is 0.409. The van der Waals surface area contributed by atoms with Crippen molar-refractivity contribution < 1.29 is 4.79 Å². The van der Waals surface area contributed by atoms with E-state index in [1.165, 1.54) is 11.1 Å². The number of rotatable bonds is 6. The number of anilines is 1. The van der Waals surface area contributed by atoms with E-state index in [1.54, 1.807) is 0 Å². The van der Waals surface area contributed by atoms with Crippen molar-refractivity contribution in [2.45, 2.75) is 38.3 Å². The Labute approximate surface area is 155 Å². The predicted molar refractivity (Wildman–Crippen MR) is 105 cm³/mol. The second-order valence-corrected chi connectivity index (χ2v) is 7.35. The lowest BCUT2D eigenvalue weighted by atomic mass is 9.74. The number of hydrogen-bond acceptors (Lipinski definition) is 3. The first kappa shape index (κ1) is 17.1. The van der Waals surface area contributed by atoms with Crippen molar-refractivity contribution in [2.75, 3.05) is 18.4 Å². The zero-order chi connectivity index (χ0) is 17.9. The van der Waals surface area contributed by atoms with Crippen LogP contribution >= 0.6 is 0 Å². The summed E-state index contributed by atoms with van der Waals surface area (Å²) in [5, 5.41) is 10.3. The molecule has 1 fully saturated rings. The number of fused-ring (bicyclic) bond motifs is 3. The van der Waals surface area contributed by atoms with Gasteiger partial charge >= 0.3 is 0 Å². The number of benzene rings is 2. The minimum absolute atomic E-state index is 0.0324. The van der Waals surface area contributed by atoms with Crippen LogP contribution in [0.4, 0.5) is 5.69 Å². The Morgan fingerprint density at radius 1 is 1.12 bits per heavy atom. The van der Waals surface area contributed by atoms with E-state index in [0.717, 1.165) is 43.6 Å². The summed E-state index contributed by atoms with van der Waals surface area (Å²) >= 11 is 0. The molecular weight excluding hydrogens is 322 g/mol. The van der Waals surface area contributed by atoms with Crippen LogP contribution in [0.1, 0.15) is 59.8 Å². The molecule has 4 heteroatoms. The molecule has 2 aromatic carbocycles. The van der Waals surface area contributed by atoms with Crippen molar-refractivity contribution in [1.29, 1.82) is 0 Å². The Morgan fingerprint density at radius 3 is 2.69 bits per heavy atom. The predicted octanol–water partition coefficient (Wildman–Crippen LogP) is 4.03. The maximum Gasteiger partial charge on any atom is 0.251 e. The summed E-state index contributed by atoms with van der Waals surface area (Å²) < 4.78 is 0. The Balaban J connectivity index is 1.52. The van der Waals surface area contributed by atoms with Gasteiger partial charge in [0, 0.05) is 36.3 Å². The molecule has 1 amide bonds. The van der Waals surface area contributed by atoms with E-state index in [0.29, 0.717) is 18.0 Å². The van der Waals surface area contributed by atoms with Gasteiger partial charge < -0.3 is 16.0 Å². The lowest BCUT2D eigenvalue weighted by Crippen LogP contribution is -2.52. The van der Waals surface area contributed by atoms with Crippen LogP contribution in [0.5, 0.6) is 0 Å². The molecule has 0 bridgehead atoms. The van der Waals surface area contributed by atoms with Gasteiger partial charge in [-0.1, -0.05) is 50.1 Å². The summed E-state index contributed by atoms with van der Waals surface area (Å²) in [5.74, 6) is 0.553. The standard InChI is InChI=1S/C22H27N3O/c1-2-3-7-12-23-22(26)16-10-11-19-17(13-16)21-18(14-24-21)20(25-19)15-8-5-4-6-9-15/h4-6,8-11,13,18,20-21,24-25H,2-3,7,12,14H2,1H3,(H,23,26). The third kappa shape index (κ3) is 3.21. The second kappa shape index (κ2) is 7.50. The normalized spacial score (nSPS) is 23.2. The van der Waals surface area contributed by atoms with Gasteiger partial charge in [0.15, 0.2) is 0 Å². The topological polar surface area (TPSA) is 53.2 Å². The van der Waals surface area contributed by atoms with Gasteiger partial charge in [0.2, 0.25) is 0 Å². The average Bonchev–Trinajstić information content (AvgIpc) is 2.65. The van der Waals surface area contributed by atoms with E-state index in [4.69, 9.17) is 0 Å². The quantitative estimate of drug-likeness (QED) is 0.690. The summed E-state index contributed by atoms with van der Waals surface area (Å²) in [5.41, 5.74) is 4.43. The monoisotopic (exact) mass is 349 g/mol. The van der Waals surface area contributed by atoms with E-state index in [9.17, 15) is 4.79 Å².